The minimum absolute atomic E-state index is 0.197. The monoisotopic (exact) mass is 474 g/mol. The second-order valence-electron chi connectivity index (χ2n) is 8.32. The molecule has 0 aliphatic rings. The van der Waals surface area contributed by atoms with Gasteiger partial charge in [0.15, 0.2) is 24.8 Å². The summed E-state index contributed by atoms with van der Waals surface area (Å²) in [5, 5.41) is 20.5. The van der Waals surface area contributed by atoms with Crippen LogP contribution >= 0.6 is 0 Å². The number of hydrogen-bond acceptors (Lipinski definition) is 4. The summed E-state index contributed by atoms with van der Waals surface area (Å²) in [7, 11) is 0. The Morgan fingerprint density at radius 1 is 0.556 bits per heavy atom. The lowest BCUT2D eigenvalue weighted by molar-refractivity contribution is -0.596. The van der Waals surface area contributed by atoms with Gasteiger partial charge >= 0.3 is 0 Å². The highest BCUT2D eigenvalue weighted by atomic mass is 16.3. The van der Waals surface area contributed by atoms with Gasteiger partial charge in [-0.3, -0.25) is 0 Å². The molecule has 8 heteroatoms. The summed E-state index contributed by atoms with van der Waals surface area (Å²) in [5.74, 6) is 0.395. The van der Waals surface area contributed by atoms with Crippen molar-refractivity contribution in [2.24, 2.45) is 0 Å². The fourth-order valence-corrected chi connectivity index (χ4v) is 4.19. The molecule has 2 aromatic carbocycles. The van der Waals surface area contributed by atoms with Gasteiger partial charge in [-0.15, -0.1) is 0 Å². The van der Waals surface area contributed by atoms with Gasteiger partial charge in [0.2, 0.25) is 11.4 Å². The number of aromatic nitrogens is 6. The fourth-order valence-electron chi connectivity index (χ4n) is 4.19. The highest BCUT2D eigenvalue weighted by molar-refractivity contribution is 5.69. The minimum atomic E-state index is 0.197. The zero-order valence-corrected chi connectivity index (χ0v) is 19.1. The Hall–Kier alpha value is -5.24. The topological polar surface area (TPSA) is 106 Å². The molecule has 0 atom stereocenters. The maximum atomic E-state index is 10.3. The van der Waals surface area contributed by atoms with E-state index < -0.39 is 0 Å². The largest absolute Gasteiger partial charge is 0.507 e. The first-order chi connectivity index (χ1) is 17.7. The van der Waals surface area contributed by atoms with Crippen LogP contribution in [0.25, 0.3) is 45.0 Å². The Balaban J connectivity index is 1.25. The van der Waals surface area contributed by atoms with Crippen molar-refractivity contribution in [2.45, 2.75) is 0 Å². The van der Waals surface area contributed by atoms with E-state index in [4.69, 9.17) is 0 Å². The number of benzene rings is 2. The van der Waals surface area contributed by atoms with Crippen LogP contribution in [-0.2, 0) is 0 Å². The Labute approximate surface area is 206 Å². The Morgan fingerprint density at radius 2 is 0.972 bits per heavy atom. The molecular weight excluding hydrogens is 452 g/mol. The van der Waals surface area contributed by atoms with Gasteiger partial charge in [0.05, 0.1) is 36.4 Å². The summed E-state index contributed by atoms with van der Waals surface area (Å²) in [6, 6.07) is 19.2. The lowest BCUT2D eigenvalue weighted by atomic mass is 10.1. The van der Waals surface area contributed by atoms with Gasteiger partial charge in [0, 0.05) is 59.7 Å². The van der Waals surface area contributed by atoms with Crippen molar-refractivity contribution >= 4 is 0 Å². The van der Waals surface area contributed by atoms with Crippen LogP contribution in [0.2, 0.25) is 0 Å². The van der Waals surface area contributed by atoms with Gasteiger partial charge < -0.3 is 20.2 Å². The molecule has 0 aliphatic heterocycles. The van der Waals surface area contributed by atoms with E-state index in [0.29, 0.717) is 11.1 Å². The minimum Gasteiger partial charge on any atom is -0.507 e. The van der Waals surface area contributed by atoms with Gasteiger partial charge in [0.1, 0.15) is 11.5 Å². The third kappa shape index (κ3) is 3.97. The van der Waals surface area contributed by atoms with Crippen molar-refractivity contribution < 1.29 is 19.3 Å². The van der Waals surface area contributed by atoms with Crippen LogP contribution in [0.5, 0.6) is 11.5 Å². The third-order valence-corrected chi connectivity index (χ3v) is 6.13. The van der Waals surface area contributed by atoms with Crippen LogP contribution in [-0.4, -0.2) is 30.1 Å². The molecule has 0 bridgehead atoms. The van der Waals surface area contributed by atoms with E-state index in [1.54, 1.807) is 37.2 Å². The summed E-state index contributed by atoms with van der Waals surface area (Å²) in [6.07, 6.45) is 14.5. The van der Waals surface area contributed by atoms with Crippen molar-refractivity contribution in [3.63, 3.8) is 0 Å². The number of rotatable bonds is 5. The predicted molar refractivity (Wildman–Crippen MR) is 133 cm³/mol. The molecule has 0 saturated carbocycles. The summed E-state index contributed by atoms with van der Waals surface area (Å²) >= 11 is 0. The van der Waals surface area contributed by atoms with Crippen LogP contribution in [0.15, 0.2) is 110 Å². The number of phenols is 2. The summed E-state index contributed by atoms with van der Waals surface area (Å²) < 4.78 is 4.00. The molecule has 8 nitrogen and oxygen atoms in total. The number of aromatic hydroxyl groups is 2. The highest BCUT2D eigenvalue weighted by Gasteiger charge is 2.15. The molecule has 4 aromatic heterocycles. The number of imidazole rings is 2. The van der Waals surface area contributed by atoms with Crippen LogP contribution in [0.1, 0.15) is 0 Å². The molecule has 0 amide bonds. The molecule has 174 valence electrons. The van der Waals surface area contributed by atoms with Crippen LogP contribution < -0.4 is 9.13 Å². The summed E-state index contributed by atoms with van der Waals surface area (Å²) in [4.78, 5) is 14.2. The zero-order valence-electron chi connectivity index (χ0n) is 19.1. The lowest BCUT2D eigenvalue weighted by Crippen LogP contribution is -2.29. The van der Waals surface area contributed by atoms with Crippen molar-refractivity contribution in [3.05, 3.63) is 110 Å². The molecule has 0 saturated heterocycles. The number of phenolic OH excluding ortho intramolecular Hbond substituents is 2. The molecular formula is C28H22N6O2+2. The first-order valence-electron chi connectivity index (χ1n) is 11.3. The first kappa shape index (κ1) is 21.3. The molecule has 4 N–H and O–H groups in total. The molecule has 0 fully saturated rings. The Bertz CT molecular complexity index is 1500. The van der Waals surface area contributed by atoms with Crippen molar-refractivity contribution in [1.82, 2.24) is 19.9 Å². The smallest absolute Gasteiger partial charge is 0.211 e. The number of aromatic amines is 2. The zero-order chi connectivity index (χ0) is 24.5. The van der Waals surface area contributed by atoms with Gasteiger partial charge in [-0.05, 0) is 23.3 Å². The number of pyridine rings is 2. The average molecular weight is 475 g/mol. The molecule has 4 heterocycles. The second-order valence-corrected chi connectivity index (χ2v) is 8.32. The van der Waals surface area contributed by atoms with Crippen molar-refractivity contribution in [2.75, 3.05) is 0 Å². The molecule has 0 spiro atoms. The Kier molecular flexibility index (Phi) is 5.23. The summed E-state index contributed by atoms with van der Waals surface area (Å²) in [6.45, 7) is 0. The lowest BCUT2D eigenvalue weighted by Gasteiger charge is -2.05. The maximum absolute atomic E-state index is 10.3. The van der Waals surface area contributed by atoms with Crippen molar-refractivity contribution in [3.8, 4) is 56.5 Å². The molecule has 0 radical (unpaired) electrons. The highest BCUT2D eigenvalue weighted by Crippen LogP contribution is 2.29. The SMILES string of the molecule is Oc1ccc(-[n+]2ccc(-c3cc[n+](-c4ccc(O)c(-c5cnc[nH]5)c4)cc3)cc2)cc1-c1cnc[nH]1. The molecule has 6 rings (SSSR count). The predicted octanol–water partition coefficient (Wildman–Crippen LogP) is 4.10. The Morgan fingerprint density at radius 3 is 1.33 bits per heavy atom. The van der Waals surface area contributed by atoms with Crippen LogP contribution in [0, 0.1) is 0 Å². The quantitative estimate of drug-likeness (QED) is 0.282. The first-order valence-corrected chi connectivity index (χ1v) is 11.3. The fraction of sp³-hybridized carbons (Fsp3) is 0. The van der Waals surface area contributed by atoms with E-state index >= 15 is 0 Å². The summed E-state index contributed by atoms with van der Waals surface area (Å²) in [5.41, 5.74) is 6.91. The third-order valence-electron chi connectivity index (χ3n) is 6.13. The second kappa shape index (κ2) is 8.84. The molecule has 36 heavy (non-hydrogen) atoms. The number of nitrogens with zero attached hydrogens (tertiary/aromatic N) is 4. The van der Waals surface area contributed by atoms with E-state index in [1.165, 1.54) is 0 Å². The van der Waals surface area contributed by atoms with E-state index in [-0.39, 0.29) is 11.5 Å². The van der Waals surface area contributed by atoms with E-state index in [9.17, 15) is 10.2 Å². The van der Waals surface area contributed by atoms with Gasteiger partial charge in [-0.2, -0.15) is 9.13 Å². The van der Waals surface area contributed by atoms with Gasteiger partial charge in [-0.1, -0.05) is 0 Å². The average Bonchev–Trinajstić information content (AvgIpc) is 3.65. The van der Waals surface area contributed by atoms with Crippen molar-refractivity contribution in [1.29, 1.82) is 0 Å². The van der Waals surface area contributed by atoms with Gasteiger partial charge in [-0.25, -0.2) is 9.97 Å². The van der Waals surface area contributed by atoms with E-state index in [0.717, 1.165) is 33.9 Å². The number of nitrogens with one attached hydrogen (secondary N) is 2. The standard InChI is InChI=1S/C28H20N6O2/c35-27-3-1-21(13-23(27)25-15-29-17-31-25)33-9-5-19(6-10-33)20-7-11-34(12-8-20)22-2-4-28(36)24(14-22)26-16-30-18-32-26/h1-18H,(H2,29,30,31,32,35,36)/p+2. The van der Waals surface area contributed by atoms with E-state index in [2.05, 4.69) is 44.2 Å². The maximum Gasteiger partial charge on any atom is 0.211 e. The number of hydrogen-bond donors (Lipinski definition) is 4. The van der Waals surface area contributed by atoms with Gasteiger partial charge in [0.25, 0.3) is 0 Å². The molecule has 6 aromatic rings. The van der Waals surface area contributed by atoms with E-state index in [1.807, 2.05) is 58.2 Å². The molecule has 0 aliphatic carbocycles. The van der Waals surface area contributed by atoms with Crippen LogP contribution in [0.4, 0.5) is 0 Å². The number of H-pyrrole nitrogens is 2. The van der Waals surface area contributed by atoms with Crippen LogP contribution in [0.3, 0.4) is 0 Å². The molecule has 0 unspecified atom stereocenters. The normalized spacial score (nSPS) is 11.0.